The van der Waals surface area contributed by atoms with E-state index in [2.05, 4.69) is 22.1 Å². The highest BCUT2D eigenvalue weighted by Crippen LogP contribution is 2.48. The van der Waals surface area contributed by atoms with Gasteiger partial charge in [0, 0.05) is 34.0 Å². The van der Waals surface area contributed by atoms with Crippen molar-refractivity contribution in [3.8, 4) is 23.1 Å². The summed E-state index contributed by atoms with van der Waals surface area (Å²) in [5.41, 5.74) is 0.684. The van der Waals surface area contributed by atoms with Crippen molar-refractivity contribution in [1.82, 2.24) is 30.0 Å². The first-order chi connectivity index (χ1) is 21.6. The van der Waals surface area contributed by atoms with Crippen LogP contribution in [0.15, 0.2) is 12.3 Å². The zero-order valence-corrected chi connectivity index (χ0v) is 26.9. The predicted molar refractivity (Wildman–Crippen MR) is 170 cm³/mol. The molecule has 7 rings (SSSR count). The lowest BCUT2D eigenvalue weighted by Gasteiger charge is -2.44. The molecule has 45 heavy (non-hydrogen) atoms. The highest BCUT2D eigenvalue weighted by molar-refractivity contribution is 6.33. The molecule has 1 aromatic carbocycles. The first-order valence-electron chi connectivity index (χ1n) is 15.6. The van der Waals surface area contributed by atoms with Crippen molar-refractivity contribution < 1.29 is 23.7 Å². The molecule has 4 aromatic rings. The van der Waals surface area contributed by atoms with E-state index >= 15 is 4.39 Å². The first kappa shape index (κ1) is 30.3. The fraction of sp³-hybridized carbons (Fsp3) is 0.562. The van der Waals surface area contributed by atoms with Crippen LogP contribution in [0.25, 0.3) is 33.1 Å². The molecular weight excluding hydrogens is 601 g/mol. The standard InChI is InChI=1S/C32H39ClFN7O4/c1-18-20(33)13-21-19(14-35-39-21)23(18)26-25(34)27-24(29(36-26)43-4)28(41-11-12-44-16-31(2,42)15-41)38-30(37-27)45-17-32-8-5-7-22(32)40(3)10-6-9-32/h13-14,22,42H,5-12,15-17H2,1-4H3,(H,35,39)/t22-,31+,32-/m1/s1. The number of halogens is 2. The van der Waals surface area contributed by atoms with Crippen LogP contribution in [0.3, 0.4) is 0 Å². The number of ether oxygens (including phenoxy) is 3. The Hall–Kier alpha value is -3.32. The number of hydrogen-bond donors (Lipinski definition) is 2. The molecule has 0 radical (unpaired) electrons. The van der Waals surface area contributed by atoms with E-state index in [0.29, 0.717) is 64.1 Å². The quantitative estimate of drug-likeness (QED) is 0.301. The van der Waals surface area contributed by atoms with Gasteiger partial charge in [0.25, 0.3) is 0 Å². The number of likely N-dealkylation sites (tertiary alicyclic amines) is 1. The lowest BCUT2D eigenvalue weighted by Crippen LogP contribution is -2.50. The summed E-state index contributed by atoms with van der Waals surface area (Å²) >= 11 is 6.59. The first-order valence-corrected chi connectivity index (χ1v) is 15.9. The highest BCUT2D eigenvalue weighted by atomic mass is 35.5. The van der Waals surface area contributed by atoms with Gasteiger partial charge in [0.2, 0.25) is 5.88 Å². The Balaban J connectivity index is 1.41. The summed E-state index contributed by atoms with van der Waals surface area (Å²) in [5.74, 6) is -0.139. The van der Waals surface area contributed by atoms with Gasteiger partial charge in [0.05, 0.1) is 45.2 Å². The molecule has 13 heteroatoms. The average Bonchev–Trinajstić information content (AvgIpc) is 3.62. The number of methoxy groups -OCH3 is 1. The van der Waals surface area contributed by atoms with Gasteiger partial charge in [0.1, 0.15) is 28.0 Å². The molecule has 3 aromatic heterocycles. The number of fused-ring (bicyclic) bond motifs is 3. The van der Waals surface area contributed by atoms with Gasteiger partial charge in [-0.15, -0.1) is 0 Å². The van der Waals surface area contributed by atoms with Gasteiger partial charge in [-0.25, -0.2) is 9.37 Å². The molecule has 11 nitrogen and oxygen atoms in total. The van der Waals surface area contributed by atoms with Crippen LogP contribution >= 0.6 is 11.6 Å². The number of β-amino-alcohol motifs (C(OH)–C–C–N with tert-alkyl or cyclic N) is 1. The highest BCUT2D eigenvalue weighted by Gasteiger charge is 2.47. The third-order valence-electron chi connectivity index (χ3n) is 9.90. The van der Waals surface area contributed by atoms with Gasteiger partial charge in [-0.05, 0) is 64.8 Å². The summed E-state index contributed by atoms with van der Waals surface area (Å²) in [4.78, 5) is 18.6. The van der Waals surface area contributed by atoms with Crippen LogP contribution in [0.4, 0.5) is 10.2 Å². The van der Waals surface area contributed by atoms with E-state index in [1.54, 1.807) is 19.2 Å². The summed E-state index contributed by atoms with van der Waals surface area (Å²) in [6.07, 6.45) is 7.15. The van der Waals surface area contributed by atoms with Crippen LogP contribution in [0.2, 0.25) is 5.02 Å². The van der Waals surface area contributed by atoms with Crippen molar-refractivity contribution >= 4 is 39.2 Å². The summed E-state index contributed by atoms with van der Waals surface area (Å²) in [5, 5.41) is 19.5. The number of nitrogens with zero attached hydrogens (tertiary/aromatic N) is 6. The van der Waals surface area contributed by atoms with Gasteiger partial charge < -0.3 is 29.1 Å². The number of aliphatic hydroxyl groups is 1. The minimum atomic E-state index is -1.17. The third kappa shape index (κ3) is 5.25. The Labute approximate surface area is 266 Å². The molecule has 240 valence electrons. The molecule has 0 amide bonds. The van der Waals surface area contributed by atoms with Crippen LogP contribution in [0.5, 0.6) is 11.9 Å². The summed E-state index contributed by atoms with van der Waals surface area (Å²) < 4.78 is 35.0. The van der Waals surface area contributed by atoms with Crippen molar-refractivity contribution in [2.75, 3.05) is 58.5 Å². The van der Waals surface area contributed by atoms with Crippen molar-refractivity contribution in [3.63, 3.8) is 0 Å². The van der Waals surface area contributed by atoms with Gasteiger partial charge >= 0.3 is 6.01 Å². The Bertz CT molecular complexity index is 1770. The Morgan fingerprint density at radius 1 is 1.22 bits per heavy atom. The van der Waals surface area contributed by atoms with Crippen LogP contribution in [-0.4, -0.2) is 100 Å². The predicted octanol–water partition coefficient (Wildman–Crippen LogP) is 4.91. The molecule has 3 fully saturated rings. The van der Waals surface area contributed by atoms with Crippen molar-refractivity contribution in [2.45, 2.75) is 57.6 Å². The number of nitrogens with one attached hydrogen (secondary N) is 1. The lowest BCUT2D eigenvalue weighted by atomic mass is 9.76. The van der Waals surface area contributed by atoms with E-state index in [1.807, 2.05) is 11.8 Å². The number of benzene rings is 1. The number of piperidine rings is 1. The van der Waals surface area contributed by atoms with Crippen LogP contribution < -0.4 is 14.4 Å². The van der Waals surface area contributed by atoms with E-state index in [4.69, 9.17) is 40.8 Å². The van der Waals surface area contributed by atoms with Crippen molar-refractivity contribution in [3.05, 3.63) is 28.7 Å². The molecule has 5 heterocycles. The van der Waals surface area contributed by atoms with E-state index in [-0.39, 0.29) is 41.7 Å². The molecule has 3 aliphatic rings. The molecule has 0 spiro atoms. The Morgan fingerprint density at radius 2 is 2.04 bits per heavy atom. The number of hydrogen-bond acceptors (Lipinski definition) is 10. The van der Waals surface area contributed by atoms with E-state index < -0.39 is 11.4 Å². The second-order valence-corrected chi connectivity index (χ2v) is 13.5. The molecule has 1 saturated carbocycles. The van der Waals surface area contributed by atoms with Crippen LogP contribution in [0.1, 0.15) is 44.6 Å². The lowest BCUT2D eigenvalue weighted by molar-refractivity contribution is -0.0123. The van der Waals surface area contributed by atoms with Crippen LogP contribution in [-0.2, 0) is 4.74 Å². The smallest absolute Gasteiger partial charge is 0.319 e. The number of aromatic nitrogens is 5. The van der Waals surface area contributed by atoms with Crippen molar-refractivity contribution in [1.29, 1.82) is 0 Å². The van der Waals surface area contributed by atoms with Crippen LogP contribution in [0, 0.1) is 18.2 Å². The minimum absolute atomic E-state index is 0.00395. The summed E-state index contributed by atoms with van der Waals surface area (Å²) in [6.45, 7) is 6.17. The number of anilines is 1. The minimum Gasteiger partial charge on any atom is -0.480 e. The fourth-order valence-electron chi connectivity index (χ4n) is 7.75. The molecule has 2 aliphatic heterocycles. The van der Waals surface area contributed by atoms with Gasteiger partial charge in [-0.1, -0.05) is 18.0 Å². The monoisotopic (exact) mass is 639 g/mol. The summed E-state index contributed by atoms with van der Waals surface area (Å²) in [7, 11) is 3.67. The molecular formula is C32H39ClFN7O4. The average molecular weight is 640 g/mol. The third-order valence-corrected chi connectivity index (χ3v) is 10.3. The number of pyridine rings is 1. The number of H-pyrrole nitrogens is 1. The number of rotatable bonds is 6. The maximum absolute atomic E-state index is 17.0. The van der Waals surface area contributed by atoms with E-state index in [9.17, 15) is 5.11 Å². The second kappa shape index (κ2) is 11.5. The van der Waals surface area contributed by atoms with E-state index in [1.165, 1.54) is 7.11 Å². The normalized spacial score (nSPS) is 25.9. The zero-order valence-electron chi connectivity index (χ0n) is 26.1. The fourth-order valence-corrected chi connectivity index (χ4v) is 7.95. The second-order valence-electron chi connectivity index (χ2n) is 13.1. The molecule has 0 bridgehead atoms. The molecule has 1 aliphatic carbocycles. The Kier molecular flexibility index (Phi) is 7.74. The largest absolute Gasteiger partial charge is 0.480 e. The maximum Gasteiger partial charge on any atom is 0.319 e. The molecule has 0 unspecified atom stereocenters. The molecule has 3 atom stereocenters. The zero-order chi connectivity index (χ0) is 31.5. The molecule has 2 N–H and O–H groups in total. The van der Waals surface area contributed by atoms with E-state index in [0.717, 1.165) is 38.6 Å². The van der Waals surface area contributed by atoms with Gasteiger partial charge in [0.15, 0.2) is 5.82 Å². The van der Waals surface area contributed by atoms with Gasteiger partial charge in [-0.3, -0.25) is 5.10 Å². The topological polar surface area (TPSA) is 122 Å². The van der Waals surface area contributed by atoms with Gasteiger partial charge in [-0.2, -0.15) is 15.1 Å². The summed E-state index contributed by atoms with van der Waals surface area (Å²) in [6, 6.07) is 2.27. The number of aromatic amines is 1. The molecule has 2 saturated heterocycles. The maximum atomic E-state index is 17.0. The SMILES string of the molecule is COc1nc(-c2c(C)c(Cl)cc3[nH]ncc23)c(F)c2nc(OC[C@]34CCC[C@H]3N(C)CCC4)nc(N3CCOC[C@@](C)(O)C3)c12. The Morgan fingerprint density at radius 3 is 2.87 bits per heavy atom. The van der Waals surface area contributed by atoms with Crippen molar-refractivity contribution in [2.24, 2.45) is 5.41 Å².